The van der Waals surface area contributed by atoms with Crippen molar-refractivity contribution in [3.63, 3.8) is 0 Å². The fourth-order valence-corrected chi connectivity index (χ4v) is 7.27. The highest BCUT2D eigenvalue weighted by Gasteiger charge is 2.19. The summed E-state index contributed by atoms with van der Waals surface area (Å²) >= 11 is 0. The zero-order chi connectivity index (χ0) is 28.8. The molecule has 0 bridgehead atoms. The van der Waals surface area contributed by atoms with E-state index in [4.69, 9.17) is 8.83 Å². The lowest BCUT2D eigenvalue weighted by molar-refractivity contribution is 0.633. The standard InChI is InChI=1S/C42H24O2/c1-2-10-26-23-27(18-17-25(26)9-1)39-31-12-3-5-14-33(31)40(34-15-6-4-13-32(34)39)28-19-20-30-36-22-21-35-29-11-7-8-16-37(29)43-41(35)42(36)44-38(30)24-28/h1-24H. The molecule has 44 heavy (non-hydrogen) atoms. The van der Waals surface area contributed by atoms with Crippen molar-refractivity contribution in [2.75, 3.05) is 0 Å². The van der Waals surface area contributed by atoms with Crippen LogP contribution in [0.1, 0.15) is 0 Å². The molecule has 0 aliphatic heterocycles. The molecule has 0 amide bonds. The van der Waals surface area contributed by atoms with Gasteiger partial charge >= 0.3 is 0 Å². The van der Waals surface area contributed by atoms with Crippen LogP contribution in [0.25, 0.3) is 98.4 Å². The molecule has 10 aromatic rings. The van der Waals surface area contributed by atoms with Crippen molar-refractivity contribution in [2.24, 2.45) is 0 Å². The minimum absolute atomic E-state index is 0.798. The van der Waals surface area contributed by atoms with Crippen LogP contribution in [-0.2, 0) is 0 Å². The quantitative estimate of drug-likeness (QED) is 0.197. The lowest BCUT2D eigenvalue weighted by Gasteiger charge is -2.18. The van der Waals surface area contributed by atoms with E-state index in [0.29, 0.717) is 0 Å². The zero-order valence-corrected chi connectivity index (χ0v) is 23.7. The van der Waals surface area contributed by atoms with Gasteiger partial charge in [-0.3, -0.25) is 0 Å². The van der Waals surface area contributed by atoms with Crippen molar-refractivity contribution in [2.45, 2.75) is 0 Å². The monoisotopic (exact) mass is 560 g/mol. The predicted octanol–water partition coefficient (Wildman–Crippen LogP) is 12.3. The number of rotatable bonds is 2. The van der Waals surface area contributed by atoms with E-state index in [1.165, 1.54) is 49.0 Å². The summed E-state index contributed by atoms with van der Waals surface area (Å²) in [7, 11) is 0. The summed E-state index contributed by atoms with van der Waals surface area (Å²) in [6.07, 6.45) is 0. The van der Waals surface area contributed by atoms with Gasteiger partial charge in [-0.1, -0.05) is 109 Å². The molecular formula is C42H24O2. The SMILES string of the molecule is c1ccc2cc(-c3c4ccccc4c(-c4ccc5c(c4)oc4c5ccc5c6ccccc6oc54)c4ccccc34)ccc2c1. The first-order valence-electron chi connectivity index (χ1n) is 15.0. The summed E-state index contributed by atoms with van der Waals surface area (Å²) in [6, 6.07) is 52.1. The van der Waals surface area contributed by atoms with Gasteiger partial charge in [0.05, 0.1) is 0 Å². The number of fused-ring (bicyclic) bond motifs is 10. The molecule has 0 spiro atoms. The minimum atomic E-state index is 0.798. The molecule has 0 saturated carbocycles. The lowest BCUT2D eigenvalue weighted by Crippen LogP contribution is -1.90. The van der Waals surface area contributed by atoms with Crippen LogP contribution in [0, 0.1) is 0 Å². The van der Waals surface area contributed by atoms with Gasteiger partial charge in [-0.15, -0.1) is 0 Å². The molecule has 0 fully saturated rings. The maximum Gasteiger partial charge on any atom is 0.178 e. The van der Waals surface area contributed by atoms with E-state index in [1.807, 2.05) is 18.2 Å². The van der Waals surface area contributed by atoms with E-state index in [2.05, 4.69) is 127 Å². The van der Waals surface area contributed by atoms with Gasteiger partial charge in [0.1, 0.15) is 11.2 Å². The highest BCUT2D eigenvalue weighted by Crippen LogP contribution is 2.45. The Kier molecular flexibility index (Phi) is 4.75. The Morgan fingerprint density at radius 2 is 0.750 bits per heavy atom. The zero-order valence-electron chi connectivity index (χ0n) is 23.7. The summed E-state index contributed by atoms with van der Waals surface area (Å²) in [5.74, 6) is 0. The van der Waals surface area contributed by atoms with Crippen LogP contribution in [0.2, 0.25) is 0 Å². The summed E-state index contributed by atoms with van der Waals surface area (Å²) in [4.78, 5) is 0. The molecule has 0 radical (unpaired) electrons. The largest absolute Gasteiger partial charge is 0.452 e. The van der Waals surface area contributed by atoms with Crippen LogP contribution in [0.5, 0.6) is 0 Å². The summed E-state index contributed by atoms with van der Waals surface area (Å²) < 4.78 is 12.9. The topological polar surface area (TPSA) is 26.3 Å². The third-order valence-corrected chi connectivity index (χ3v) is 9.24. The fourth-order valence-electron chi connectivity index (χ4n) is 7.27. The normalized spacial score (nSPS) is 12.1. The van der Waals surface area contributed by atoms with E-state index in [1.54, 1.807) is 0 Å². The van der Waals surface area contributed by atoms with E-state index in [-0.39, 0.29) is 0 Å². The molecule has 204 valence electrons. The molecule has 0 aliphatic carbocycles. The second kappa shape index (κ2) is 8.82. The third-order valence-electron chi connectivity index (χ3n) is 9.24. The summed E-state index contributed by atoms with van der Waals surface area (Å²) in [5.41, 5.74) is 8.18. The van der Waals surface area contributed by atoms with Crippen molar-refractivity contribution < 1.29 is 8.83 Å². The maximum absolute atomic E-state index is 6.62. The van der Waals surface area contributed by atoms with E-state index in [0.717, 1.165) is 49.4 Å². The van der Waals surface area contributed by atoms with Crippen LogP contribution in [0.4, 0.5) is 0 Å². The minimum Gasteiger partial charge on any atom is -0.452 e. The van der Waals surface area contributed by atoms with Crippen molar-refractivity contribution in [1.82, 2.24) is 0 Å². The first kappa shape index (κ1) is 23.7. The van der Waals surface area contributed by atoms with E-state index < -0.39 is 0 Å². The molecule has 10 rings (SSSR count). The number of hydrogen-bond acceptors (Lipinski definition) is 2. The number of benzene rings is 8. The van der Waals surface area contributed by atoms with Gasteiger partial charge in [-0.25, -0.2) is 0 Å². The molecule has 0 saturated heterocycles. The predicted molar refractivity (Wildman–Crippen MR) is 184 cm³/mol. The Labute approximate surface area is 252 Å². The van der Waals surface area contributed by atoms with Crippen LogP contribution >= 0.6 is 0 Å². The van der Waals surface area contributed by atoms with E-state index >= 15 is 0 Å². The Morgan fingerprint density at radius 1 is 0.295 bits per heavy atom. The summed E-state index contributed by atoms with van der Waals surface area (Å²) in [6.45, 7) is 0. The average molecular weight is 561 g/mol. The fraction of sp³-hybridized carbons (Fsp3) is 0. The lowest BCUT2D eigenvalue weighted by atomic mass is 9.85. The van der Waals surface area contributed by atoms with Crippen molar-refractivity contribution in [3.8, 4) is 22.3 Å². The number of para-hydroxylation sites is 1. The second-order valence-electron chi connectivity index (χ2n) is 11.6. The number of furan rings is 2. The molecule has 2 heteroatoms. The molecule has 0 N–H and O–H groups in total. The highest BCUT2D eigenvalue weighted by molar-refractivity contribution is 6.23. The van der Waals surface area contributed by atoms with Crippen molar-refractivity contribution in [3.05, 3.63) is 146 Å². The Morgan fingerprint density at radius 3 is 1.41 bits per heavy atom. The molecule has 0 aliphatic rings. The Balaban J connectivity index is 1.25. The van der Waals surface area contributed by atoms with Crippen LogP contribution in [0.3, 0.4) is 0 Å². The smallest absolute Gasteiger partial charge is 0.178 e. The molecule has 2 aromatic heterocycles. The molecule has 2 nitrogen and oxygen atoms in total. The van der Waals surface area contributed by atoms with Gasteiger partial charge in [-0.2, -0.15) is 0 Å². The number of hydrogen-bond donors (Lipinski definition) is 0. The molecule has 0 atom stereocenters. The van der Waals surface area contributed by atoms with Crippen LogP contribution in [-0.4, -0.2) is 0 Å². The molecule has 2 heterocycles. The van der Waals surface area contributed by atoms with Crippen molar-refractivity contribution >= 4 is 76.2 Å². The van der Waals surface area contributed by atoms with Crippen LogP contribution < -0.4 is 0 Å². The second-order valence-corrected chi connectivity index (χ2v) is 11.6. The average Bonchev–Trinajstić information content (AvgIpc) is 3.65. The Bertz CT molecular complexity index is 2720. The van der Waals surface area contributed by atoms with Gasteiger partial charge in [0.25, 0.3) is 0 Å². The Hall–Kier alpha value is -5.86. The van der Waals surface area contributed by atoms with Gasteiger partial charge < -0.3 is 8.83 Å². The van der Waals surface area contributed by atoms with Gasteiger partial charge in [0, 0.05) is 21.5 Å². The molecule has 0 unspecified atom stereocenters. The van der Waals surface area contributed by atoms with Gasteiger partial charge in [0.2, 0.25) is 0 Å². The van der Waals surface area contributed by atoms with Gasteiger partial charge in [0.15, 0.2) is 11.2 Å². The maximum atomic E-state index is 6.62. The van der Waals surface area contributed by atoms with Crippen LogP contribution in [0.15, 0.2) is 154 Å². The highest BCUT2D eigenvalue weighted by atomic mass is 16.4. The first-order valence-corrected chi connectivity index (χ1v) is 15.0. The molecular weight excluding hydrogens is 536 g/mol. The summed E-state index contributed by atoms with van der Waals surface area (Å²) in [5, 5.41) is 11.8. The first-order chi connectivity index (χ1) is 21.8. The molecule has 8 aromatic carbocycles. The van der Waals surface area contributed by atoms with E-state index in [9.17, 15) is 0 Å². The third kappa shape index (κ3) is 3.25. The van der Waals surface area contributed by atoms with Crippen molar-refractivity contribution in [1.29, 1.82) is 0 Å². The van der Waals surface area contributed by atoms with Gasteiger partial charge in [-0.05, 0) is 91.0 Å².